The zero-order valence-corrected chi connectivity index (χ0v) is 84.1. The number of ketones is 5. The lowest BCUT2D eigenvalue weighted by Crippen LogP contribution is -2.32. The summed E-state index contributed by atoms with van der Waals surface area (Å²) in [5.41, 5.74) is 6.50. The largest absolute Gasteiger partial charge is 0.495 e. The average Bonchev–Trinajstić information content (AvgIpc) is 0.778. The molecule has 35 heteroatoms. The number of aromatic nitrogens is 4. The van der Waals surface area contributed by atoms with E-state index in [1.54, 1.807) is 125 Å². The molecule has 700 valence electrons. The number of carbonyl (C=O) groups is 8. The highest BCUT2D eigenvalue weighted by atomic mass is 127. The third-order valence-electron chi connectivity index (χ3n) is 17.7. The van der Waals surface area contributed by atoms with Gasteiger partial charge in [0.15, 0.2) is 28.9 Å². The normalized spacial score (nSPS) is 10.3. The van der Waals surface area contributed by atoms with Crippen molar-refractivity contribution in [3.63, 3.8) is 0 Å². The fraction of sp³-hybridized carbons (Fsp3) is 0.271. The van der Waals surface area contributed by atoms with E-state index in [4.69, 9.17) is 113 Å². The second-order valence-electron chi connectivity index (χ2n) is 27.7. The summed E-state index contributed by atoms with van der Waals surface area (Å²) in [7, 11) is 7.33. The van der Waals surface area contributed by atoms with Crippen molar-refractivity contribution < 1.29 is 86.7 Å². The third kappa shape index (κ3) is 38.5. The molecule has 0 bridgehead atoms. The molecule has 4 aromatic heterocycles. The van der Waals surface area contributed by atoms with Gasteiger partial charge in [0.05, 0.1) is 72.9 Å². The van der Waals surface area contributed by atoms with Crippen molar-refractivity contribution >= 4 is 199 Å². The maximum Gasteiger partial charge on any atom is 0.492 e. The van der Waals surface area contributed by atoms with E-state index in [0.29, 0.717) is 136 Å². The van der Waals surface area contributed by atoms with Crippen LogP contribution in [-0.4, -0.2) is 141 Å². The van der Waals surface area contributed by atoms with Crippen molar-refractivity contribution in [3.8, 4) is 68.1 Å². The maximum atomic E-state index is 13.7. The van der Waals surface area contributed by atoms with Crippen molar-refractivity contribution in [2.24, 2.45) is 0 Å². The molecule has 1 atom stereocenters. The number of carbonyl (C=O) groups excluding carboxylic acids is 7. The molecule has 0 aliphatic carbocycles. The van der Waals surface area contributed by atoms with E-state index in [-0.39, 0.29) is 102 Å². The standard InChI is InChI=1S/C32H28ClNO6.C16H16ClNO3.C15H14ClNO3.C9H8BrClO.C7H10BNO4.C6H3BrClI.C6H11BrO2.C3H5ClO.2CH4/c1-3-28(35)24-14-13-23(33)17-25(24)26-18-31(37)34(19-30(26)40-2)27(15-20-7-5-4-6-8-20)29(36)16-21-9-11-22(12-10-21)32(38)39;1-4-14(19)11-6-5-10(17)7-12(11)13-8-16(21-3)18-9-15(13)20-2;1-3-13(18)10-5-4-9(16)6-11(10)12-7-15(19)17-8-14(12)20-2;1-2-9(12)7-4-3-6(11)5-8(7)10;1-12-6-4-9-7(13-2)3-5(6)8(10)11;7-5-3-4(8)1-2-6(5)9;1-6(2,3)9-5(8)4-7;1-2-3(4)5;;/h4-14,17-19,27H,3,15-16H2,1-2H3,(H,38,39);5-9H,4H2,1-3H3;4-8H,3H2,1-2H3,(H,17,19);3-5H,2H2,1H3;3-4,10-11H,1-2H3;1-3H;4H2,1-3H3;2H2,1H3;2*1H4. The number of ether oxygens (including phenoxy) is 7. The van der Waals surface area contributed by atoms with Gasteiger partial charge in [-0.15, -0.1) is 0 Å². The predicted molar refractivity (Wildman–Crippen MR) is 542 cm³/mol. The number of rotatable bonds is 27. The van der Waals surface area contributed by atoms with Gasteiger partial charge in [0.1, 0.15) is 33.9 Å². The molecule has 7 aromatic carbocycles. The third-order valence-corrected chi connectivity index (χ3v) is 22.6. The number of carboxylic acid groups (broad SMARTS) is 1. The summed E-state index contributed by atoms with van der Waals surface area (Å²) >= 11 is 46.4. The first kappa shape index (κ1) is 117. The SMILES string of the molecule is C.C.CC(C)(C)OC(=O)CBr.CCC(=O)Cl.CCC(=O)c1ccc(Cl)cc1-c1cc(=O)[nH]cc1OC.CCC(=O)c1ccc(Cl)cc1-c1cc(=O)n(C(Cc2ccccc2)C(=O)Cc2ccc(C(=O)O)cc2)cc1OC.CCC(=O)c1ccc(Cl)cc1-c1cc(OC)ncc1OC.CCC(=O)c1ccc(Cl)cc1Br.COc1cc(B(O)O)c(OC)cn1.Clc1ccc(I)c(Br)c1. The summed E-state index contributed by atoms with van der Waals surface area (Å²) in [6.07, 6.45) is 8.17. The molecule has 0 saturated heterocycles. The van der Waals surface area contributed by atoms with Gasteiger partial charge in [-0.1, -0.05) is 166 Å². The second-order valence-corrected chi connectivity index (χ2v) is 33.7. The van der Waals surface area contributed by atoms with E-state index in [0.717, 1.165) is 25.1 Å². The van der Waals surface area contributed by atoms with E-state index in [2.05, 4.69) is 85.3 Å². The fourth-order valence-corrected chi connectivity index (χ4v) is 13.9. The molecule has 11 rings (SSSR count). The molecule has 131 heavy (non-hydrogen) atoms. The number of aromatic amines is 1. The number of nitrogens with one attached hydrogen (secondary N) is 1. The van der Waals surface area contributed by atoms with Crippen LogP contribution < -0.4 is 45.0 Å². The minimum atomic E-state index is -1.59. The van der Waals surface area contributed by atoms with Crippen LogP contribution in [0.3, 0.4) is 0 Å². The van der Waals surface area contributed by atoms with Crippen LogP contribution in [0.4, 0.5) is 0 Å². The number of aromatic carboxylic acids is 1. The monoisotopic (exact) mass is 2220 g/mol. The molecular formula is C96H103BBr3Cl6IN4O20. The van der Waals surface area contributed by atoms with Crippen LogP contribution in [0.15, 0.2) is 213 Å². The number of Topliss-reactive ketones (excluding diaryl/α,β-unsaturated/α-hetero) is 5. The van der Waals surface area contributed by atoms with Gasteiger partial charge in [-0.25, -0.2) is 14.8 Å². The van der Waals surface area contributed by atoms with Gasteiger partial charge < -0.3 is 57.9 Å². The lowest BCUT2D eigenvalue weighted by molar-refractivity contribution is -0.151. The number of benzene rings is 7. The van der Waals surface area contributed by atoms with Crippen LogP contribution in [0, 0.1) is 3.57 Å². The van der Waals surface area contributed by atoms with Gasteiger partial charge in [-0.2, -0.15) is 0 Å². The Morgan fingerprint density at radius 2 is 0.908 bits per heavy atom. The van der Waals surface area contributed by atoms with Gasteiger partial charge >= 0.3 is 19.1 Å². The average molecular weight is 2220 g/mol. The lowest BCUT2D eigenvalue weighted by Gasteiger charge is -2.22. The van der Waals surface area contributed by atoms with E-state index in [9.17, 15) is 53.1 Å². The zero-order chi connectivity index (χ0) is 96.5. The molecule has 0 aliphatic rings. The minimum Gasteiger partial charge on any atom is -0.495 e. The number of H-pyrrole nitrogens is 1. The smallest absolute Gasteiger partial charge is 0.492 e. The number of carboxylic acids is 1. The van der Waals surface area contributed by atoms with Crippen LogP contribution in [0.2, 0.25) is 25.1 Å². The van der Waals surface area contributed by atoms with E-state index in [1.807, 2.05) is 83.1 Å². The van der Waals surface area contributed by atoms with E-state index < -0.39 is 24.7 Å². The molecule has 1 unspecified atom stereocenters. The van der Waals surface area contributed by atoms with Gasteiger partial charge in [0.2, 0.25) is 22.6 Å². The van der Waals surface area contributed by atoms with Crippen molar-refractivity contribution in [2.75, 3.05) is 48.0 Å². The second kappa shape index (κ2) is 59.8. The Balaban J connectivity index is 0.000000547. The van der Waals surface area contributed by atoms with Crippen molar-refractivity contribution in [2.45, 2.75) is 127 Å². The Hall–Kier alpha value is -9.61. The molecule has 0 spiro atoms. The van der Waals surface area contributed by atoms with Crippen LogP contribution in [0.25, 0.3) is 33.4 Å². The summed E-state index contributed by atoms with van der Waals surface area (Å²) in [5, 5.41) is 29.9. The molecule has 0 amide bonds. The van der Waals surface area contributed by atoms with E-state index in [1.165, 1.54) is 92.6 Å². The number of hydrogen-bond acceptors (Lipinski definition) is 21. The van der Waals surface area contributed by atoms with Gasteiger partial charge in [-0.05, 0) is 218 Å². The van der Waals surface area contributed by atoms with Crippen LogP contribution in [-0.2, 0) is 32.0 Å². The van der Waals surface area contributed by atoms with Gasteiger partial charge in [0.25, 0.3) is 5.56 Å². The van der Waals surface area contributed by atoms with E-state index >= 15 is 0 Å². The van der Waals surface area contributed by atoms with Crippen LogP contribution >= 0.6 is 140 Å². The molecule has 4 N–H and O–H groups in total. The Morgan fingerprint density at radius 1 is 0.496 bits per heavy atom. The van der Waals surface area contributed by atoms with Crippen molar-refractivity contribution in [1.29, 1.82) is 0 Å². The molecule has 4 heterocycles. The molecule has 0 fully saturated rings. The predicted octanol–water partition coefficient (Wildman–Crippen LogP) is 23.7. The Kier molecular flexibility index (Phi) is 53.6. The number of methoxy groups -OCH3 is 6. The first-order valence-electron chi connectivity index (χ1n) is 39.2. The first-order valence-corrected chi connectivity index (χ1v) is 45.2. The molecular weight excluding hydrogens is 2120 g/mol. The number of nitrogens with zero attached hydrogens (tertiary/aromatic N) is 3. The maximum absolute atomic E-state index is 13.7. The molecule has 0 radical (unpaired) electrons. The van der Waals surface area contributed by atoms with Crippen LogP contribution in [0.5, 0.6) is 34.8 Å². The number of halogens is 10. The Labute approximate surface area is 832 Å². The molecule has 0 saturated carbocycles. The molecule has 0 aliphatic heterocycles. The summed E-state index contributed by atoms with van der Waals surface area (Å²) < 4.78 is 40.3. The topological polar surface area (TPSA) is 343 Å². The summed E-state index contributed by atoms with van der Waals surface area (Å²) in [4.78, 5) is 129. The summed E-state index contributed by atoms with van der Waals surface area (Å²) in [5.74, 6) is 0.961. The number of hydrogen-bond donors (Lipinski definition) is 4. The van der Waals surface area contributed by atoms with Crippen molar-refractivity contribution in [1.82, 2.24) is 19.5 Å². The summed E-state index contributed by atoms with van der Waals surface area (Å²) in [6, 6.07) is 46.4. The minimum absolute atomic E-state index is 0. The number of esters is 1. The highest BCUT2D eigenvalue weighted by molar-refractivity contribution is 14.1. The lowest BCUT2D eigenvalue weighted by atomic mass is 9.80. The fourth-order valence-electron chi connectivity index (χ4n) is 11.4. The Bertz CT molecular complexity index is 5790. The highest BCUT2D eigenvalue weighted by Gasteiger charge is 2.27. The number of alkyl halides is 1. The van der Waals surface area contributed by atoms with Gasteiger partial charge in [0, 0.05) is 157 Å². The van der Waals surface area contributed by atoms with Gasteiger partial charge in [-0.3, -0.25) is 43.2 Å². The Morgan fingerprint density at radius 3 is 1.30 bits per heavy atom. The number of pyridine rings is 4. The van der Waals surface area contributed by atoms with Crippen molar-refractivity contribution in [3.05, 3.63) is 292 Å². The summed E-state index contributed by atoms with van der Waals surface area (Å²) in [6.45, 7) is 14.4. The van der Waals surface area contributed by atoms with Crippen LogP contribution in [0.1, 0.15) is 171 Å². The molecule has 11 aromatic rings. The zero-order valence-electron chi connectivity index (χ0n) is 72.7. The first-order chi connectivity index (χ1) is 61.1. The highest BCUT2D eigenvalue weighted by Crippen LogP contribution is 2.39. The quantitative estimate of drug-likeness (QED) is 0.00706. The molecule has 24 nitrogen and oxygen atoms in total.